The first-order valence-corrected chi connectivity index (χ1v) is 7.20. The molecule has 1 fully saturated rings. The molecule has 1 aliphatic heterocycles. The van der Waals surface area contributed by atoms with E-state index in [0.29, 0.717) is 17.5 Å². The van der Waals surface area contributed by atoms with Crippen LogP contribution in [-0.4, -0.2) is 47.5 Å². The Balaban J connectivity index is 1.79. The molecule has 21 heavy (non-hydrogen) atoms. The predicted octanol–water partition coefficient (Wildman–Crippen LogP) is 2.60. The van der Waals surface area contributed by atoms with Gasteiger partial charge in [0.15, 0.2) is 5.78 Å². The Kier molecular flexibility index (Phi) is 3.78. The number of carbonyl (C=O) groups is 1. The van der Waals surface area contributed by atoms with Gasteiger partial charge in [0.2, 0.25) is 0 Å². The molecule has 1 aromatic carbocycles. The van der Waals surface area contributed by atoms with E-state index in [1.54, 1.807) is 12.3 Å². The molecule has 1 N–H and O–H groups in total. The molecule has 0 radical (unpaired) electrons. The standard InChI is InChI=1S/C16H19FN2O2/c1-10-7-19(8-11(2)21-10)9-16(20)14-6-18-15-4-3-12(17)5-13(14)15/h3-6,10-11,18H,7-9H2,1-2H3/t10-,11+. The van der Waals surface area contributed by atoms with E-state index >= 15 is 0 Å². The second kappa shape index (κ2) is 5.58. The average molecular weight is 290 g/mol. The number of hydrogen-bond donors (Lipinski definition) is 1. The summed E-state index contributed by atoms with van der Waals surface area (Å²) in [5.74, 6) is -0.321. The van der Waals surface area contributed by atoms with E-state index in [1.807, 2.05) is 13.8 Å². The van der Waals surface area contributed by atoms with Crippen molar-refractivity contribution in [1.82, 2.24) is 9.88 Å². The average Bonchev–Trinajstić information content (AvgIpc) is 2.80. The number of ketones is 1. The summed E-state index contributed by atoms with van der Waals surface area (Å²) in [4.78, 5) is 17.6. The molecule has 2 atom stereocenters. The number of nitrogens with one attached hydrogen (secondary N) is 1. The molecule has 0 amide bonds. The molecule has 0 spiro atoms. The molecule has 0 aliphatic carbocycles. The van der Waals surface area contributed by atoms with Crippen molar-refractivity contribution in [2.75, 3.05) is 19.6 Å². The summed E-state index contributed by atoms with van der Waals surface area (Å²) in [7, 11) is 0. The maximum Gasteiger partial charge on any atom is 0.178 e. The van der Waals surface area contributed by atoms with Gasteiger partial charge in [-0.25, -0.2) is 4.39 Å². The Morgan fingerprint density at radius 2 is 2.10 bits per heavy atom. The van der Waals surface area contributed by atoms with E-state index in [9.17, 15) is 9.18 Å². The van der Waals surface area contributed by atoms with Gasteiger partial charge >= 0.3 is 0 Å². The summed E-state index contributed by atoms with van der Waals surface area (Å²) in [6.07, 6.45) is 1.92. The molecule has 3 rings (SSSR count). The maximum absolute atomic E-state index is 13.4. The maximum atomic E-state index is 13.4. The van der Waals surface area contributed by atoms with Gasteiger partial charge in [-0.3, -0.25) is 9.69 Å². The molecule has 2 aromatic rings. The topological polar surface area (TPSA) is 45.3 Å². The number of Topliss-reactive ketones (excluding diaryl/α,β-unsaturated/α-hetero) is 1. The first-order chi connectivity index (χ1) is 10.0. The third-order valence-electron chi connectivity index (χ3n) is 3.81. The van der Waals surface area contributed by atoms with Crippen molar-refractivity contribution in [3.8, 4) is 0 Å². The van der Waals surface area contributed by atoms with E-state index in [4.69, 9.17) is 4.74 Å². The number of aromatic nitrogens is 1. The van der Waals surface area contributed by atoms with Crippen molar-refractivity contribution in [2.24, 2.45) is 0 Å². The molecule has 4 nitrogen and oxygen atoms in total. The minimum Gasteiger partial charge on any atom is -0.373 e. The van der Waals surface area contributed by atoms with Crippen LogP contribution in [0.3, 0.4) is 0 Å². The summed E-state index contributed by atoms with van der Waals surface area (Å²) in [6, 6.07) is 4.45. The fourth-order valence-corrected chi connectivity index (χ4v) is 3.03. The summed E-state index contributed by atoms with van der Waals surface area (Å²) in [5, 5.41) is 0.648. The molecule has 2 heterocycles. The summed E-state index contributed by atoms with van der Waals surface area (Å²) in [6.45, 7) is 5.84. The number of benzene rings is 1. The van der Waals surface area contributed by atoms with Gasteiger partial charge in [0, 0.05) is 35.8 Å². The minimum atomic E-state index is -0.329. The van der Waals surface area contributed by atoms with Crippen LogP contribution in [-0.2, 0) is 4.74 Å². The number of aromatic amines is 1. The van der Waals surface area contributed by atoms with Crippen molar-refractivity contribution < 1.29 is 13.9 Å². The minimum absolute atomic E-state index is 0.00755. The van der Waals surface area contributed by atoms with Crippen LogP contribution in [0.1, 0.15) is 24.2 Å². The summed E-state index contributed by atoms with van der Waals surface area (Å²) >= 11 is 0. The highest BCUT2D eigenvalue weighted by Crippen LogP contribution is 2.21. The summed E-state index contributed by atoms with van der Waals surface area (Å²) in [5.41, 5.74) is 1.33. The van der Waals surface area contributed by atoms with Crippen molar-refractivity contribution in [3.05, 3.63) is 35.8 Å². The molecule has 1 saturated heterocycles. The van der Waals surface area contributed by atoms with E-state index in [-0.39, 0.29) is 23.8 Å². The Hall–Kier alpha value is -1.72. The highest BCUT2D eigenvalue weighted by atomic mass is 19.1. The van der Waals surface area contributed by atoms with Crippen LogP contribution in [0.5, 0.6) is 0 Å². The zero-order chi connectivity index (χ0) is 15.0. The zero-order valence-corrected chi connectivity index (χ0v) is 12.2. The first-order valence-electron chi connectivity index (χ1n) is 7.20. The quantitative estimate of drug-likeness (QED) is 0.884. The van der Waals surface area contributed by atoms with E-state index < -0.39 is 0 Å². The number of rotatable bonds is 3. The van der Waals surface area contributed by atoms with Crippen LogP contribution in [0, 0.1) is 5.82 Å². The lowest BCUT2D eigenvalue weighted by Crippen LogP contribution is -2.47. The smallest absolute Gasteiger partial charge is 0.178 e. The van der Waals surface area contributed by atoms with Crippen molar-refractivity contribution in [3.63, 3.8) is 0 Å². The van der Waals surface area contributed by atoms with Crippen LogP contribution < -0.4 is 0 Å². The van der Waals surface area contributed by atoms with Gasteiger partial charge in [0.05, 0.1) is 18.8 Å². The first kappa shape index (κ1) is 14.2. The number of fused-ring (bicyclic) bond motifs is 1. The summed E-state index contributed by atoms with van der Waals surface area (Å²) < 4.78 is 19.0. The number of hydrogen-bond acceptors (Lipinski definition) is 3. The van der Waals surface area contributed by atoms with Crippen molar-refractivity contribution in [1.29, 1.82) is 0 Å². The van der Waals surface area contributed by atoms with Gasteiger partial charge in [-0.15, -0.1) is 0 Å². The van der Waals surface area contributed by atoms with Gasteiger partial charge in [0.1, 0.15) is 5.82 Å². The largest absolute Gasteiger partial charge is 0.373 e. The van der Waals surface area contributed by atoms with E-state index in [0.717, 1.165) is 18.6 Å². The third-order valence-corrected chi connectivity index (χ3v) is 3.81. The molecule has 1 aliphatic rings. The van der Waals surface area contributed by atoms with Crippen molar-refractivity contribution in [2.45, 2.75) is 26.1 Å². The van der Waals surface area contributed by atoms with Crippen LogP contribution in [0.2, 0.25) is 0 Å². The zero-order valence-electron chi connectivity index (χ0n) is 12.2. The number of nitrogens with zero attached hydrogens (tertiary/aromatic N) is 1. The van der Waals surface area contributed by atoms with E-state index in [1.165, 1.54) is 12.1 Å². The Labute approximate surface area is 122 Å². The highest BCUT2D eigenvalue weighted by molar-refractivity contribution is 6.08. The normalized spacial score (nSPS) is 23.6. The number of carbonyl (C=O) groups excluding carboxylic acids is 1. The lowest BCUT2D eigenvalue weighted by molar-refractivity contribution is -0.0652. The SMILES string of the molecule is C[C@@H]1CN(CC(=O)c2c[nH]c3ccc(F)cc23)C[C@H](C)O1. The van der Waals surface area contributed by atoms with Crippen LogP contribution in [0.4, 0.5) is 4.39 Å². The second-order valence-corrected chi connectivity index (χ2v) is 5.77. The van der Waals surface area contributed by atoms with Gasteiger partial charge in [-0.05, 0) is 32.0 Å². The lowest BCUT2D eigenvalue weighted by atomic mass is 10.1. The van der Waals surface area contributed by atoms with Crippen LogP contribution in [0.25, 0.3) is 10.9 Å². The second-order valence-electron chi connectivity index (χ2n) is 5.77. The van der Waals surface area contributed by atoms with Gasteiger partial charge < -0.3 is 9.72 Å². The molecular formula is C16H19FN2O2. The Morgan fingerprint density at radius 3 is 2.81 bits per heavy atom. The fourth-order valence-electron chi connectivity index (χ4n) is 3.03. The van der Waals surface area contributed by atoms with E-state index in [2.05, 4.69) is 9.88 Å². The number of H-pyrrole nitrogens is 1. The molecular weight excluding hydrogens is 271 g/mol. The fraction of sp³-hybridized carbons (Fsp3) is 0.438. The third kappa shape index (κ3) is 2.99. The monoisotopic (exact) mass is 290 g/mol. The lowest BCUT2D eigenvalue weighted by Gasteiger charge is -2.34. The molecule has 0 unspecified atom stereocenters. The predicted molar refractivity (Wildman–Crippen MR) is 79.0 cm³/mol. The van der Waals surface area contributed by atoms with Crippen LogP contribution >= 0.6 is 0 Å². The molecule has 112 valence electrons. The van der Waals surface area contributed by atoms with Crippen LogP contribution in [0.15, 0.2) is 24.4 Å². The molecule has 0 bridgehead atoms. The van der Waals surface area contributed by atoms with Crippen molar-refractivity contribution >= 4 is 16.7 Å². The molecule has 1 aromatic heterocycles. The number of halogens is 1. The molecule has 5 heteroatoms. The highest BCUT2D eigenvalue weighted by Gasteiger charge is 2.24. The Bertz CT molecular complexity index is 657. The van der Waals surface area contributed by atoms with Gasteiger partial charge in [0.25, 0.3) is 0 Å². The van der Waals surface area contributed by atoms with Gasteiger partial charge in [-0.1, -0.05) is 0 Å². The molecule has 0 saturated carbocycles. The number of morpholine rings is 1. The van der Waals surface area contributed by atoms with Gasteiger partial charge in [-0.2, -0.15) is 0 Å². The Morgan fingerprint density at radius 1 is 1.38 bits per heavy atom. The number of ether oxygens (including phenoxy) is 1.